The van der Waals surface area contributed by atoms with Gasteiger partial charge in [0.2, 0.25) is 0 Å². The summed E-state index contributed by atoms with van der Waals surface area (Å²) in [5.74, 6) is 0.997. The highest BCUT2D eigenvalue weighted by Gasteiger charge is 2.14. The summed E-state index contributed by atoms with van der Waals surface area (Å²) in [5.41, 5.74) is 2.29. The Morgan fingerprint density at radius 1 is 1.19 bits per heavy atom. The van der Waals surface area contributed by atoms with Crippen LogP contribution >= 0.6 is 0 Å². The molecule has 0 spiro atoms. The van der Waals surface area contributed by atoms with Gasteiger partial charge in [-0.25, -0.2) is 0 Å². The number of ether oxygens (including phenoxy) is 1. The molecule has 0 amide bonds. The van der Waals surface area contributed by atoms with E-state index in [1.54, 1.807) is 0 Å². The summed E-state index contributed by atoms with van der Waals surface area (Å²) in [5, 5.41) is 0. The maximum absolute atomic E-state index is 5.96. The molecule has 1 fully saturated rings. The third kappa shape index (κ3) is 2.88. The molecule has 0 radical (unpaired) electrons. The van der Waals surface area contributed by atoms with Crippen LogP contribution in [0.25, 0.3) is 5.57 Å². The van der Waals surface area contributed by atoms with Crippen LogP contribution in [0.3, 0.4) is 0 Å². The molecule has 1 nitrogen and oxygen atoms in total. The Labute approximate surface area is 99.6 Å². The van der Waals surface area contributed by atoms with Gasteiger partial charge in [-0.1, -0.05) is 30.7 Å². The first-order valence-electron chi connectivity index (χ1n) is 6.18. The van der Waals surface area contributed by atoms with Gasteiger partial charge in [0.25, 0.3) is 0 Å². The molecule has 1 aliphatic rings. The number of hydrogen-bond acceptors (Lipinski definition) is 1. The minimum atomic E-state index is 0. The number of rotatable bonds is 3. The van der Waals surface area contributed by atoms with E-state index in [1.165, 1.54) is 37.7 Å². The van der Waals surface area contributed by atoms with Crippen LogP contribution in [-0.2, 0) is 0 Å². The Hall–Kier alpha value is -1.24. The first-order chi connectivity index (χ1) is 7.75. The van der Waals surface area contributed by atoms with Crippen LogP contribution in [0.1, 0.15) is 46.0 Å². The molecule has 1 saturated carbocycles. The van der Waals surface area contributed by atoms with Gasteiger partial charge in [0.05, 0.1) is 6.10 Å². The fourth-order valence-electron chi connectivity index (χ4n) is 2.19. The highest BCUT2D eigenvalue weighted by molar-refractivity contribution is 5.61. The number of benzene rings is 1. The van der Waals surface area contributed by atoms with Crippen LogP contribution in [0.15, 0.2) is 30.8 Å². The predicted octanol–water partition coefficient (Wildman–Crippen LogP) is 4.68. The van der Waals surface area contributed by atoms with Crippen molar-refractivity contribution in [2.24, 2.45) is 0 Å². The van der Waals surface area contributed by atoms with Crippen LogP contribution in [0, 0.1) is 0 Å². The van der Waals surface area contributed by atoms with Crippen molar-refractivity contribution in [1.29, 1.82) is 0 Å². The first kappa shape index (κ1) is 11.3. The highest BCUT2D eigenvalue weighted by Crippen LogP contribution is 2.24. The van der Waals surface area contributed by atoms with Crippen LogP contribution in [0.5, 0.6) is 5.75 Å². The average molecular weight is 218 g/mol. The Kier molecular flexibility index (Phi) is 3.66. The van der Waals surface area contributed by atoms with E-state index in [1.807, 2.05) is 6.92 Å². The molecule has 1 aromatic carbocycles. The van der Waals surface area contributed by atoms with E-state index in [0.29, 0.717) is 6.10 Å². The zero-order chi connectivity index (χ0) is 11.4. The summed E-state index contributed by atoms with van der Waals surface area (Å²) in [4.78, 5) is 0. The van der Waals surface area contributed by atoms with E-state index in [2.05, 4.69) is 30.8 Å². The smallest absolute Gasteiger partial charge is 0.119 e. The van der Waals surface area contributed by atoms with E-state index >= 15 is 0 Å². The Morgan fingerprint density at radius 2 is 1.81 bits per heavy atom. The zero-order valence-electron chi connectivity index (χ0n) is 10.0. The third-order valence-electron chi connectivity index (χ3n) is 3.20. The second-order valence-corrected chi connectivity index (χ2v) is 4.68. The van der Waals surface area contributed by atoms with Crippen molar-refractivity contribution in [3.63, 3.8) is 0 Å². The SMILES string of the molecule is C=C(C)c1ccc(OC2CCCCC2)cc1.[HH]. The van der Waals surface area contributed by atoms with Crippen LogP contribution in [0.4, 0.5) is 0 Å². The second kappa shape index (κ2) is 5.20. The Balaban J connectivity index is 0.00000144. The number of allylic oxidation sites excluding steroid dienone is 1. The van der Waals surface area contributed by atoms with Crippen molar-refractivity contribution < 1.29 is 6.16 Å². The number of hydrogen-bond donors (Lipinski definition) is 0. The largest absolute Gasteiger partial charge is 0.490 e. The lowest BCUT2D eigenvalue weighted by Gasteiger charge is -2.23. The molecule has 0 atom stereocenters. The van der Waals surface area contributed by atoms with E-state index in [4.69, 9.17) is 4.74 Å². The van der Waals surface area contributed by atoms with Crippen molar-refractivity contribution in [2.45, 2.75) is 45.1 Å². The predicted molar refractivity (Wildman–Crippen MR) is 70.8 cm³/mol. The van der Waals surface area contributed by atoms with Gasteiger partial charge in [-0.3, -0.25) is 0 Å². The standard InChI is InChI=1S/C15H20O.H2/c1-12(2)13-8-10-15(11-9-13)16-14-6-4-3-5-7-14;/h8-11,14H,1,3-7H2,2H3;1H. The molecule has 16 heavy (non-hydrogen) atoms. The monoisotopic (exact) mass is 218 g/mol. The van der Waals surface area contributed by atoms with Gasteiger partial charge in [0, 0.05) is 1.43 Å². The molecule has 0 N–H and O–H groups in total. The van der Waals surface area contributed by atoms with Crippen molar-refractivity contribution >= 4 is 5.57 Å². The Bertz CT molecular complexity index is 350. The molecule has 2 rings (SSSR count). The lowest BCUT2D eigenvalue weighted by Crippen LogP contribution is -2.19. The quantitative estimate of drug-likeness (QED) is 0.716. The fraction of sp³-hybridized carbons (Fsp3) is 0.467. The molecule has 0 bridgehead atoms. The maximum Gasteiger partial charge on any atom is 0.119 e. The van der Waals surface area contributed by atoms with Gasteiger partial charge in [0.15, 0.2) is 0 Å². The van der Waals surface area contributed by atoms with Crippen molar-refractivity contribution in [3.05, 3.63) is 36.4 Å². The lowest BCUT2D eigenvalue weighted by molar-refractivity contribution is 0.155. The molecular weight excluding hydrogens is 196 g/mol. The van der Waals surface area contributed by atoms with Gasteiger partial charge >= 0.3 is 0 Å². The van der Waals surface area contributed by atoms with E-state index in [9.17, 15) is 0 Å². The minimum absolute atomic E-state index is 0. The topological polar surface area (TPSA) is 9.23 Å². The van der Waals surface area contributed by atoms with Gasteiger partial charge in [-0.05, 0) is 50.3 Å². The molecular formula is C15H22O. The summed E-state index contributed by atoms with van der Waals surface area (Å²) in [7, 11) is 0. The summed E-state index contributed by atoms with van der Waals surface area (Å²) in [6.07, 6.45) is 6.85. The molecule has 0 unspecified atom stereocenters. The normalized spacial score (nSPS) is 17.1. The summed E-state index contributed by atoms with van der Waals surface area (Å²) >= 11 is 0. The minimum Gasteiger partial charge on any atom is -0.490 e. The zero-order valence-corrected chi connectivity index (χ0v) is 10.0. The molecule has 88 valence electrons. The van der Waals surface area contributed by atoms with E-state index < -0.39 is 0 Å². The lowest BCUT2D eigenvalue weighted by atomic mass is 9.98. The molecule has 0 aliphatic heterocycles. The van der Waals surface area contributed by atoms with Crippen molar-refractivity contribution in [1.82, 2.24) is 0 Å². The summed E-state index contributed by atoms with van der Waals surface area (Å²) in [6.45, 7) is 5.95. The van der Waals surface area contributed by atoms with Gasteiger partial charge in [-0.2, -0.15) is 0 Å². The third-order valence-corrected chi connectivity index (χ3v) is 3.20. The van der Waals surface area contributed by atoms with Crippen molar-refractivity contribution in [2.75, 3.05) is 0 Å². The summed E-state index contributed by atoms with van der Waals surface area (Å²) in [6, 6.07) is 8.28. The van der Waals surface area contributed by atoms with Gasteiger partial charge < -0.3 is 4.74 Å². The van der Waals surface area contributed by atoms with Crippen LogP contribution in [0.2, 0.25) is 0 Å². The molecule has 1 aromatic rings. The summed E-state index contributed by atoms with van der Waals surface area (Å²) < 4.78 is 5.96. The second-order valence-electron chi connectivity index (χ2n) is 4.68. The van der Waals surface area contributed by atoms with Crippen LogP contribution in [-0.4, -0.2) is 6.10 Å². The van der Waals surface area contributed by atoms with E-state index in [-0.39, 0.29) is 1.43 Å². The van der Waals surface area contributed by atoms with Gasteiger partial charge in [0.1, 0.15) is 5.75 Å². The first-order valence-corrected chi connectivity index (χ1v) is 6.18. The molecule has 0 aromatic heterocycles. The average Bonchev–Trinajstić information content (AvgIpc) is 2.31. The van der Waals surface area contributed by atoms with Crippen molar-refractivity contribution in [3.8, 4) is 5.75 Å². The maximum atomic E-state index is 5.96. The van der Waals surface area contributed by atoms with Crippen LogP contribution < -0.4 is 4.74 Å². The molecule has 1 heteroatoms. The molecule has 1 aliphatic carbocycles. The molecule has 0 saturated heterocycles. The Morgan fingerprint density at radius 3 is 2.38 bits per heavy atom. The molecule has 0 heterocycles. The van der Waals surface area contributed by atoms with E-state index in [0.717, 1.165) is 11.3 Å². The fourth-order valence-corrected chi connectivity index (χ4v) is 2.19. The highest BCUT2D eigenvalue weighted by atomic mass is 16.5. The van der Waals surface area contributed by atoms with Gasteiger partial charge in [-0.15, -0.1) is 0 Å².